The maximum Gasteiger partial charge on any atom is 0.308 e. The molecule has 20 heavy (non-hydrogen) atoms. The summed E-state index contributed by atoms with van der Waals surface area (Å²) < 4.78 is 5.18. The lowest BCUT2D eigenvalue weighted by atomic mass is 9.84. The Morgan fingerprint density at radius 3 is 2.85 bits per heavy atom. The van der Waals surface area contributed by atoms with E-state index in [1.165, 1.54) is 25.9 Å². The van der Waals surface area contributed by atoms with Gasteiger partial charge < -0.3 is 15.0 Å². The molecule has 0 aromatic carbocycles. The van der Waals surface area contributed by atoms with E-state index in [1.54, 1.807) is 0 Å². The highest BCUT2D eigenvalue weighted by molar-refractivity contribution is 5.72. The van der Waals surface area contributed by atoms with E-state index in [0.29, 0.717) is 24.6 Å². The molecule has 0 spiro atoms. The number of carbonyl (C=O) groups excluding carboxylic acids is 1. The summed E-state index contributed by atoms with van der Waals surface area (Å²) in [6.07, 6.45) is 5.52. The molecule has 4 unspecified atom stereocenters. The number of ether oxygens (including phenoxy) is 1. The van der Waals surface area contributed by atoms with Crippen LogP contribution in [0.25, 0.3) is 0 Å². The number of nitrogens with zero attached hydrogens (tertiary/aromatic N) is 1. The van der Waals surface area contributed by atoms with Gasteiger partial charge in [0, 0.05) is 18.6 Å². The molecule has 116 valence electrons. The average molecular weight is 282 g/mol. The Hall–Kier alpha value is -0.610. The van der Waals surface area contributed by atoms with E-state index >= 15 is 0 Å². The lowest BCUT2D eigenvalue weighted by Crippen LogP contribution is -2.51. The predicted molar refractivity (Wildman–Crippen MR) is 80.6 cm³/mol. The van der Waals surface area contributed by atoms with Gasteiger partial charge in [0.15, 0.2) is 0 Å². The van der Waals surface area contributed by atoms with Crippen molar-refractivity contribution in [3.8, 4) is 0 Å². The second kappa shape index (κ2) is 7.41. The van der Waals surface area contributed by atoms with Crippen molar-refractivity contribution in [3.05, 3.63) is 0 Å². The zero-order valence-corrected chi connectivity index (χ0v) is 13.2. The topological polar surface area (TPSA) is 41.6 Å². The van der Waals surface area contributed by atoms with Gasteiger partial charge in [-0.15, -0.1) is 0 Å². The van der Waals surface area contributed by atoms with Crippen molar-refractivity contribution in [2.75, 3.05) is 26.7 Å². The minimum Gasteiger partial charge on any atom is -0.466 e. The summed E-state index contributed by atoms with van der Waals surface area (Å²) in [7, 11) is 2.20. The van der Waals surface area contributed by atoms with Gasteiger partial charge in [-0.3, -0.25) is 4.79 Å². The Balaban J connectivity index is 1.82. The highest BCUT2D eigenvalue weighted by atomic mass is 16.5. The molecule has 1 aliphatic carbocycles. The predicted octanol–water partition coefficient (Wildman–Crippen LogP) is 2.04. The molecule has 2 rings (SSSR count). The molecule has 4 nitrogen and oxygen atoms in total. The molecule has 0 amide bonds. The number of nitrogens with one attached hydrogen (secondary N) is 1. The summed E-state index contributed by atoms with van der Waals surface area (Å²) in [5.74, 6) is 0.815. The van der Waals surface area contributed by atoms with Gasteiger partial charge in [0.25, 0.3) is 0 Å². The van der Waals surface area contributed by atoms with E-state index in [2.05, 4.69) is 24.2 Å². The van der Waals surface area contributed by atoms with Crippen LogP contribution in [0.5, 0.6) is 0 Å². The molecule has 0 aromatic heterocycles. The first-order valence-corrected chi connectivity index (χ1v) is 8.21. The smallest absolute Gasteiger partial charge is 0.308 e. The van der Waals surface area contributed by atoms with Crippen LogP contribution in [-0.2, 0) is 9.53 Å². The number of hydrogen-bond acceptors (Lipinski definition) is 4. The van der Waals surface area contributed by atoms with Crippen LogP contribution < -0.4 is 5.32 Å². The summed E-state index contributed by atoms with van der Waals surface area (Å²) in [5.41, 5.74) is 0. The molecule has 0 radical (unpaired) electrons. The SMILES string of the molecule is CCOC(=O)C1CCCC(NC2CCN(C)CC2C)C1. The molecule has 4 atom stereocenters. The second-order valence-corrected chi connectivity index (χ2v) is 6.61. The maximum absolute atomic E-state index is 11.9. The summed E-state index contributed by atoms with van der Waals surface area (Å²) in [4.78, 5) is 14.3. The minimum absolute atomic E-state index is 0.00965. The Kier molecular flexibility index (Phi) is 5.85. The van der Waals surface area contributed by atoms with Crippen molar-refractivity contribution in [1.29, 1.82) is 0 Å². The van der Waals surface area contributed by atoms with Crippen molar-refractivity contribution < 1.29 is 9.53 Å². The minimum atomic E-state index is 0.00965. The molecule has 0 bridgehead atoms. The van der Waals surface area contributed by atoms with Gasteiger partial charge in [-0.25, -0.2) is 0 Å². The summed E-state index contributed by atoms with van der Waals surface area (Å²) in [5, 5.41) is 3.82. The number of piperidine rings is 1. The van der Waals surface area contributed by atoms with Crippen molar-refractivity contribution in [2.45, 2.75) is 58.0 Å². The molecule has 1 aliphatic heterocycles. The number of likely N-dealkylation sites (tertiary alicyclic amines) is 1. The first-order chi connectivity index (χ1) is 9.60. The molecule has 2 fully saturated rings. The lowest BCUT2D eigenvalue weighted by Gasteiger charge is -2.39. The first-order valence-electron chi connectivity index (χ1n) is 8.21. The largest absolute Gasteiger partial charge is 0.466 e. The van der Waals surface area contributed by atoms with Crippen LogP contribution in [0.3, 0.4) is 0 Å². The number of esters is 1. The fourth-order valence-electron chi connectivity index (χ4n) is 3.72. The van der Waals surface area contributed by atoms with Crippen molar-refractivity contribution >= 4 is 5.97 Å². The van der Waals surface area contributed by atoms with E-state index in [9.17, 15) is 4.79 Å². The van der Waals surface area contributed by atoms with Crippen LogP contribution >= 0.6 is 0 Å². The van der Waals surface area contributed by atoms with Gasteiger partial charge in [0.1, 0.15) is 0 Å². The van der Waals surface area contributed by atoms with Crippen LogP contribution in [0.15, 0.2) is 0 Å². The Morgan fingerprint density at radius 1 is 1.35 bits per heavy atom. The van der Waals surface area contributed by atoms with Gasteiger partial charge in [-0.1, -0.05) is 13.3 Å². The summed E-state index contributed by atoms with van der Waals surface area (Å²) in [6.45, 7) is 7.07. The fourth-order valence-corrected chi connectivity index (χ4v) is 3.72. The fraction of sp³-hybridized carbons (Fsp3) is 0.938. The number of hydrogen-bond donors (Lipinski definition) is 1. The number of rotatable bonds is 4. The van der Waals surface area contributed by atoms with Crippen LogP contribution in [-0.4, -0.2) is 49.7 Å². The quantitative estimate of drug-likeness (QED) is 0.801. The molecule has 4 heteroatoms. The third-order valence-corrected chi connectivity index (χ3v) is 4.85. The maximum atomic E-state index is 11.9. The van der Waals surface area contributed by atoms with E-state index in [1.807, 2.05) is 6.92 Å². The standard InChI is InChI=1S/C16H30N2O2/c1-4-20-16(19)13-6-5-7-14(10-13)17-15-8-9-18(3)11-12(15)2/h12-15,17H,4-11H2,1-3H3. The Morgan fingerprint density at radius 2 is 2.15 bits per heavy atom. The van der Waals surface area contributed by atoms with Gasteiger partial charge in [0.2, 0.25) is 0 Å². The monoisotopic (exact) mass is 282 g/mol. The zero-order valence-electron chi connectivity index (χ0n) is 13.2. The third kappa shape index (κ3) is 4.19. The highest BCUT2D eigenvalue weighted by Gasteiger charge is 2.31. The molecule has 2 aliphatic rings. The molecule has 1 saturated heterocycles. The van der Waals surface area contributed by atoms with Crippen LogP contribution in [0.1, 0.15) is 46.0 Å². The second-order valence-electron chi connectivity index (χ2n) is 6.61. The number of carbonyl (C=O) groups is 1. The summed E-state index contributed by atoms with van der Waals surface area (Å²) >= 11 is 0. The third-order valence-electron chi connectivity index (χ3n) is 4.85. The van der Waals surface area contributed by atoms with Gasteiger partial charge in [-0.2, -0.15) is 0 Å². The lowest BCUT2D eigenvalue weighted by molar-refractivity contribution is -0.149. The molecule has 1 saturated carbocycles. The van der Waals surface area contributed by atoms with E-state index in [4.69, 9.17) is 4.74 Å². The summed E-state index contributed by atoms with van der Waals surface area (Å²) in [6, 6.07) is 1.10. The highest BCUT2D eigenvalue weighted by Crippen LogP contribution is 2.27. The van der Waals surface area contributed by atoms with Crippen LogP contribution in [0.2, 0.25) is 0 Å². The van der Waals surface area contributed by atoms with E-state index in [-0.39, 0.29) is 11.9 Å². The van der Waals surface area contributed by atoms with Gasteiger partial charge >= 0.3 is 5.97 Å². The van der Waals surface area contributed by atoms with Crippen molar-refractivity contribution in [1.82, 2.24) is 10.2 Å². The zero-order chi connectivity index (χ0) is 14.5. The van der Waals surface area contributed by atoms with Crippen LogP contribution in [0.4, 0.5) is 0 Å². The van der Waals surface area contributed by atoms with E-state index in [0.717, 1.165) is 19.3 Å². The Labute approximate surface area is 123 Å². The molecule has 1 N–H and O–H groups in total. The van der Waals surface area contributed by atoms with Crippen LogP contribution in [0, 0.1) is 11.8 Å². The van der Waals surface area contributed by atoms with Crippen molar-refractivity contribution in [2.24, 2.45) is 11.8 Å². The normalized spacial score (nSPS) is 35.8. The van der Waals surface area contributed by atoms with Crippen molar-refractivity contribution in [3.63, 3.8) is 0 Å². The molecular weight excluding hydrogens is 252 g/mol. The molecule has 0 aromatic rings. The Bertz CT molecular complexity index is 322. The van der Waals surface area contributed by atoms with Gasteiger partial charge in [0.05, 0.1) is 12.5 Å². The van der Waals surface area contributed by atoms with E-state index < -0.39 is 0 Å². The molecular formula is C16H30N2O2. The first kappa shape index (κ1) is 15.8. The molecule has 1 heterocycles. The van der Waals surface area contributed by atoms with Gasteiger partial charge in [-0.05, 0) is 52.1 Å². The average Bonchev–Trinajstić information content (AvgIpc) is 2.43.